The van der Waals surface area contributed by atoms with Gasteiger partial charge in [0.2, 0.25) is 5.89 Å². The Kier molecular flexibility index (Phi) is 3.39. The van der Waals surface area contributed by atoms with Gasteiger partial charge in [0, 0.05) is 31.6 Å². The van der Waals surface area contributed by atoms with E-state index in [4.69, 9.17) is 4.42 Å². The third-order valence-electron chi connectivity index (χ3n) is 4.35. The van der Waals surface area contributed by atoms with Crippen LogP contribution < -0.4 is 0 Å². The molecule has 0 aromatic carbocycles. The molecule has 4 nitrogen and oxygen atoms in total. The molecule has 0 bridgehead atoms. The molecule has 0 aliphatic carbocycles. The van der Waals surface area contributed by atoms with E-state index in [9.17, 15) is 0 Å². The first-order valence-electron chi connectivity index (χ1n) is 7.18. The lowest BCUT2D eigenvalue weighted by atomic mass is 10.1. The van der Waals surface area contributed by atoms with Crippen LogP contribution in [0, 0.1) is 0 Å². The predicted octanol–water partition coefficient (Wildman–Crippen LogP) is 1.91. The highest BCUT2D eigenvalue weighted by Gasteiger charge is 2.34. The Morgan fingerprint density at radius 2 is 2.33 bits per heavy atom. The first-order valence-corrected chi connectivity index (χ1v) is 7.18. The molecule has 0 saturated carbocycles. The molecule has 18 heavy (non-hydrogen) atoms. The highest BCUT2D eigenvalue weighted by Crippen LogP contribution is 2.25. The maximum absolute atomic E-state index is 5.73. The van der Waals surface area contributed by atoms with E-state index in [0.29, 0.717) is 6.04 Å². The van der Waals surface area contributed by atoms with E-state index < -0.39 is 0 Å². The highest BCUT2D eigenvalue weighted by molar-refractivity contribution is 4.96. The fourth-order valence-corrected chi connectivity index (χ4v) is 3.23. The van der Waals surface area contributed by atoms with Crippen LogP contribution >= 0.6 is 0 Å². The van der Waals surface area contributed by atoms with Gasteiger partial charge in [-0.2, -0.15) is 0 Å². The van der Waals surface area contributed by atoms with Crippen molar-refractivity contribution in [1.82, 2.24) is 14.8 Å². The topological polar surface area (TPSA) is 32.5 Å². The molecule has 100 valence electrons. The van der Waals surface area contributed by atoms with Crippen LogP contribution in [0.4, 0.5) is 0 Å². The minimum atomic E-state index is 0.608. The lowest BCUT2D eigenvalue weighted by Crippen LogP contribution is -2.54. The standard InChI is InChI=1S/C14H23N3O/c1-3-13-7-15-14(18-13)10-17-9-12-5-4-6-16(12)8-11(17)2/h7,11-12H,3-6,8-10H2,1-2H3. The molecular formula is C14H23N3O. The summed E-state index contributed by atoms with van der Waals surface area (Å²) < 4.78 is 5.73. The molecule has 2 aliphatic rings. The van der Waals surface area contributed by atoms with Gasteiger partial charge in [-0.25, -0.2) is 4.98 Å². The molecule has 2 atom stereocenters. The van der Waals surface area contributed by atoms with Crippen molar-refractivity contribution in [2.24, 2.45) is 0 Å². The zero-order chi connectivity index (χ0) is 12.5. The van der Waals surface area contributed by atoms with E-state index in [1.165, 1.54) is 32.5 Å². The van der Waals surface area contributed by atoms with Crippen molar-refractivity contribution in [3.63, 3.8) is 0 Å². The Bertz CT molecular complexity index is 403. The minimum absolute atomic E-state index is 0.608. The molecule has 2 saturated heterocycles. The van der Waals surface area contributed by atoms with Gasteiger partial charge in [0.15, 0.2) is 0 Å². The van der Waals surface area contributed by atoms with Crippen molar-refractivity contribution in [1.29, 1.82) is 0 Å². The minimum Gasteiger partial charge on any atom is -0.444 e. The van der Waals surface area contributed by atoms with Crippen molar-refractivity contribution < 1.29 is 4.42 Å². The Balaban J connectivity index is 1.64. The zero-order valence-corrected chi connectivity index (χ0v) is 11.4. The lowest BCUT2D eigenvalue weighted by Gasteiger charge is -2.41. The van der Waals surface area contributed by atoms with Crippen LogP contribution in [-0.4, -0.2) is 46.5 Å². The van der Waals surface area contributed by atoms with E-state index in [2.05, 4.69) is 28.6 Å². The molecule has 0 amide bonds. The molecule has 3 rings (SSSR count). The summed E-state index contributed by atoms with van der Waals surface area (Å²) in [7, 11) is 0. The summed E-state index contributed by atoms with van der Waals surface area (Å²) in [6, 6.07) is 1.37. The van der Waals surface area contributed by atoms with Crippen molar-refractivity contribution in [2.45, 2.75) is 51.7 Å². The van der Waals surface area contributed by atoms with E-state index in [0.717, 1.165) is 30.7 Å². The first kappa shape index (κ1) is 12.2. The molecule has 2 aliphatic heterocycles. The van der Waals surface area contributed by atoms with Crippen LogP contribution in [0.15, 0.2) is 10.6 Å². The predicted molar refractivity (Wildman–Crippen MR) is 70.3 cm³/mol. The SMILES string of the molecule is CCc1cnc(CN2CC3CCCN3CC2C)o1. The zero-order valence-electron chi connectivity index (χ0n) is 11.4. The number of rotatable bonds is 3. The molecule has 3 heterocycles. The van der Waals surface area contributed by atoms with Crippen LogP contribution in [0.25, 0.3) is 0 Å². The quantitative estimate of drug-likeness (QED) is 0.819. The van der Waals surface area contributed by atoms with E-state index in [-0.39, 0.29) is 0 Å². The largest absolute Gasteiger partial charge is 0.444 e. The van der Waals surface area contributed by atoms with Crippen LogP contribution in [-0.2, 0) is 13.0 Å². The summed E-state index contributed by atoms with van der Waals surface area (Å²) in [5.74, 6) is 1.88. The summed E-state index contributed by atoms with van der Waals surface area (Å²) >= 11 is 0. The maximum atomic E-state index is 5.73. The van der Waals surface area contributed by atoms with Gasteiger partial charge >= 0.3 is 0 Å². The summed E-state index contributed by atoms with van der Waals surface area (Å²) in [6.07, 6.45) is 5.52. The van der Waals surface area contributed by atoms with Gasteiger partial charge in [-0.15, -0.1) is 0 Å². The van der Waals surface area contributed by atoms with Crippen LogP contribution in [0.3, 0.4) is 0 Å². The van der Waals surface area contributed by atoms with Gasteiger partial charge in [-0.05, 0) is 26.3 Å². The van der Waals surface area contributed by atoms with Gasteiger partial charge in [-0.1, -0.05) is 6.92 Å². The van der Waals surface area contributed by atoms with Crippen LogP contribution in [0.5, 0.6) is 0 Å². The second-order valence-electron chi connectivity index (χ2n) is 5.64. The summed E-state index contributed by atoms with van der Waals surface area (Å²) in [6.45, 7) is 8.95. The van der Waals surface area contributed by atoms with Gasteiger partial charge in [0.1, 0.15) is 5.76 Å². The van der Waals surface area contributed by atoms with Crippen molar-refractivity contribution in [2.75, 3.05) is 19.6 Å². The fourth-order valence-electron chi connectivity index (χ4n) is 3.23. The molecular weight excluding hydrogens is 226 g/mol. The summed E-state index contributed by atoms with van der Waals surface area (Å²) in [4.78, 5) is 9.55. The second kappa shape index (κ2) is 5.02. The van der Waals surface area contributed by atoms with E-state index >= 15 is 0 Å². The Hall–Kier alpha value is -0.870. The number of oxazole rings is 1. The number of piperazine rings is 1. The van der Waals surface area contributed by atoms with Crippen molar-refractivity contribution in [3.05, 3.63) is 17.8 Å². The third-order valence-corrected chi connectivity index (χ3v) is 4.35. The smallest absolute Gasteiger partial charge is 0.208 e. The number of hydrogen-bond donors (Lipinski definition) is 0. The Morgan fingerprint density at radius 1 is 1.44 bits per heavy atom. The number of hydrogen-bond acceptors (Lipinski definition) is 4. The molecule has 0 radical (unpaired) electrons. The van der Waals surface area contributed by atoms with Gasteiger partial charge in [0.05, 0.1) is 12.7 Å². The summed E-state index contributed by atoms with van der Waals surface area (Å²) in [5, 5.41) is 0. The average molecular weight is 249 g/mol. The number of fused-ring (bicyclic) bond motifs is 1. The first-order chi connectivity index (χ1) is 8.76. The molecule has 0 spiro atoms. The van der Waals surface area contributed by atoms with E-state index in [1.807, 2.05) is 6.20 Å². The maximum Gasteiger partial charge on any atom is 0.208 e. The van der Waals surface area contributed by atoms with Gasteiger partial charge < -0.3 is 4.42 Å². The molecule has 1 aromatic rings. The molecule has 4 heteroatoms. The van der Waals surface area contributed by atoms with Crippen molar-refractivity contribution >= 4 is 0 Å². The number of aryl methyl sites for hydroxylation is 1. The van der Waals surface area contributed by atoms with Crippen LogP contribution in [0.2, 0.25) is 0 Å². The monoisotopic (exact) mass is 249 g/mol. The van der Waals surface area contributed by atoms with Gasteiger partial charge in [0.25, 0.3) is 0 Å². The van der Waals surface area contributed by atoms with Crippen molar-refractivity contribution in [3.8, 4) is 0 Å². The van der Waals surface area contributed by atoms with Crippen LogP contribution in [0.1, 0.15) is 38.3 Å². The highest BCUT2D eigenvalue weighted by atomic mass is 16.4. The average Bonchev–Trinajstić information content (AvgIpc) is 2.98. The Morgan fingerprint density at radius 3 is 3.11 bits per heavy atom. The third kappa shape index (κ3) is 2.31. The molecule has 1 aromatic heterocycles. The fraction of sp³-hybridized carbons (Fsp3) is 0.786. The normalized spacial score (nSPS) is 29.7. The Labute approximate surface area is 109 Å². The molecule has 2 unspecified atom stereocenters. The number of nitrogens with zero attached hydrogens (tertiary/aromatic N) is 3. The second-order valence-corrected chi connectivity index (χ2v) is 5.64. The molecule has 2 fully saturated rings. The van der Waals surface area contributed by atoms with E-state index in [1.54, 1.807) is 0 Å². The molecule has 0 N–H and O–H groups in total. The van der Waals surface area contributed by atoms with Gasteiger partial charge in [-0.3, -0.25) is 9.80 Å². The lowest BCUT2D eigenvalue weighted by molar-refractivity contribution is 0.0480. The summed E-state index contributed by atoms with van der Waals surface area (Å²) in [5.41, 5.74) is 0. The number of aromatic nitrogens is 1.